The molecule has 2 aromatic carbocycles. The molecule has 9 nitrogen and oxygen atoms in total. The van der Waals surface area contributed by atoms with Gasteiger partial charge in [-0.25, -0.2) is 10.1 Å². The summed E-state index contributed by atoms with van der Waals surface area (Å²) in [5.74, 6) is 0.242. The molecule has 1 amide bonds. The van der Waals surface area contributed by atoms with Gasteiger partial charge in [0.05, 0.1) is 19.0 Å². The van der Waals surface area contributed by atoms with Gasteiger partial charge in [-0.3, -0.25) is 9.59 Å². The Morgan fingerprint density at radius 2 is 1.94 bits per heavy atom. The van der Waals surface area contributed by atoms with Crippen LogP contribution in [-0.4, -0.2) is 34.2 Å². The molecule has 162 valence electrons. The van der Waals surface area contributed by atoms with Crippen LogP contribution < -0.4 is 15.7 Å². The Labute approximate surface area is 183 Å². The Morgan fingerprint density at radius 3 is 2.66 bits per heavy atom. The highest BCUT2D eigenvalue weighted by Gasteiger charge is 2.19. The number of benzene rings is 2. The molecule has 4 rings (SSSR count). The highest BCUT2D eigenvalue weighted by atomic mass is 16.5. The lowest BCUT2D eigenvalue weighted by atomic mass is 10.1. The zero-order valence-electron chi connectivity index (χ0n) is 17.6. The lowest BCUT2D eigenvalue weighted by Crippen LogP contribution is -2.32. The number of nitrogens with one attached hydrogen (secondary N) is 1. The minimum absolute atomic E-state index is 0.291. The summed E-state index contributed by atoms with van der Waals surface area (Å²) in [5, 5.41) is 12.6. The summed E-state index contributed by atoms with van der Waals surface area (Å²) in [6.45, 7) is 1.39. The fraction of sp³-hybridized carbons (Fsp3) is 0.174. The predicted octanol–water partition coefficient (Wildman–Crippen LogP) is 2.44. The van der Waals surface area contributed by atoms with Gasteiger partial charge >= 0.3 is 0 Å². The first kappa shape index (κ1) is 21.0. The summed E-state index contributed by atoms with van der Waals surface area (Å²) in [7, 11) is 1.59. The third-order valence-electron chi connectivity index (χ3n) is 4.84. The van der Waals surface area contributed by atoms with Crippen LogP contribution in [-0.2, 0) is 17.8 Å². The van der Waals surface area contributed by atoms with Crippen LogP contribution in [0.25, 0.3) is 11.0 Å². The molecule has 0 unspecified atom stereocenters. The number of hydrogen-bond acceptors (Lipinski definition) is 7. The quantitative estimate of drug-likeness (QED) is 0.355. The topological polar surface area (TPSA) is 112 Å². The third kappa shape index (κ3) is 4.56. The maximum atomic E-state index is 12.9. The van der Waals surface area contributed by atoms with E-state index < -0.39 is 11.5 Å². The Morgan fingerprint density at radius 1 is 1.19 bits per heavy atom. The van der Waals surface area contributed by atoms with Crippen molar-refractivity contribution in [3.63, 3.8) is 0 Å². The van der Waals surface area contributed by atoms with Gasteiger partial charge in [-0.2, -0.15) is 10.2 Å². The first-order chi connectivity index (χ1) is 15.5. The summed E-state index contributed by atoms with van der Waals surface area (Å²) < 4.78 is 11.6. The maximum absolute atomic E-state index is 12.9. The van der Waals surface area contributed by atoms with E-state index in [0.29, 0.717) is 28.8 Å². The van der Waals surface area contributed by atoms with Crippen molar-refractivity contribution in [3.8, 4) is 5.75 Å². The van der Waals surface area contributed by atoms with E-state index in [1.54, 1.807) is 38.3 Å². The molecule has 0 saturated carbocycles. The Hall–Kier alpha value is -4.27. The number of aryl methyl sites for hydroxylation is 1. The van der Waals surface area contributed by atoms with Crippen molar-refractivity contribution in [1.82, 2.24) is 20.4 Å². The monoisotopic (exact) mass is 431 g/mol. The zero-order valence-corrected chi connectivity index (χ0v) is 17.6. The summed E-state index contributed by atoms with van der Waals surface area (Å²) in [4.78, 5) is 25.3. The molecular formula is C23H21N5O4. The van der Waals surface area contributed by atoms with Crippen LogP contribution in [0.15, 0.2) is 69.0 Å². The first-order valence-corrected chi connectivity index (χ1v) is 9.91. The van der Waals surface area contributed by atoms with Crippen molar-refractivity contribution in [2.45, 2.75) is 19.9 Å². The number of ether oxygens (including phenoxy) is 1. The van der Waals surface area contributed by atoms with Gasteiger partial charge in [0.25, 0.3) is 11.5 Å². The summed E-state index contributed by atoms with van der Waals surface area (Å²) in [6, 6.07) is 16.8. The molecule has 2 aromatic heterocycles. The molecule has 0 aliphatic carbocycles. The second-order valence-electron chi connectivity index (χ2n) is 7.11. The fourth-order valence-corrected chi connectivity index (χ4v) is 3.24. The third-order valence-corrected chi connectivity index (χ3v) is 4.84. The SMILES string of the molecule is COc1ccc(/C=N/NC(=O)Cn2nc(Cc3ccccc3)c3onc(C)c3c2=O)cc1. The number of amides is 1. The highest BCUT2D eigenvalue weighted by Crippen LogP contribution is 2.19. The number of methoxy groups -OCH3 is 1. The number of rotatable bonds is 7. The van der Waals surface area contributed by atoms with Gasteiger partial charge in [0.2, 0.25) is 0 Å². The molecular weight excluding hydrogens is 410 g/mol. The van der Waals surface area contributed by atoms with Crippen LogP contribution in [0.1, 0.15) is 22.5 Å². The average Bonchev–Trinajstić information content (AvgIpc) is 3.20. The molecule has 32 heavy (non-hydrogen) atoms. The van der Waals surface area contributed by atoms with Crippen molar-refractivity contribution in [2.75, 3.05) is 7.11 Å². The number of aromatic nitrogens is 3. The molecule has 0 spiro atoms. The van der Waals surface area contributed by atoms with Crippen LogP contribution in [0.3, 0.4) is 0 Å². The molecule has 0 aliphatic heterocycles. The van der Waals surface area contributed by atoms with E-state index in [1.807, 2.05) is 30.3 Å². The molecule has 2 heterocycles. The summed E-state index contributed by atoms with van der Waals surface area (Å²) in [6.07, 6.45) is 1.94. The summed E-state index contributed by atoms with van der Waals surface area (Å²) >= 11 is 0. The van der Waals surface area contributed by atoms with Crippen molar-refractivity contribution < 1.29 is 14.1 Å². The van der Waals surface area contributed by atoms with E-state index in [-0.39, 0.29) is 6.54 Å². The van der Waals surface area contributed by atoms with Crippen molar-refractivity contribution in [2.24, 2.45) is 5.10 Å². The van der Waals surface area contributed by atoms with E-state index in [4.69, 9.17) is 9.26 Å². The second-order valence-corrected chi connectivity index (χ2v) is 7.11. The van der Waals surface area contributed by atoms with E-state index in [0.717, 1.165) is 21.6 Å². The van der Waals surface area contributed by atoms with Crippen molar-refractivity contribution >= 4 is 23.1 Å². The lowest BCUT2D eigenvalue weighted by molar-refractivity contribution is -0.121. The van der Waals surface area contributed by atoms with E-state index in [1.165, 1.54) is 6.21 Å². The number of nitrogens with zero attached hydrogens (tertiary/aromatic N) is 4. The van der Waals surface area contributed by atoms with Gasteiger partial charge in [0, 0.05) is 6.42 Å². The molecule has 0 saturated heterocycles. The zero-order chi connectivity index (χ0) is 22.5. The molecule has 0 radical (unpaired) electrons. The molecule has 0 bridgehead atoms. The maximum Gasteiger partial charge on any atom is 0.280 e. The first-order valence-electron chi connectivity index (χ1n) is 9.91. The van der Waals surface area contributed by atoms with Gasteiger partial charge in [-0.05, 0) is 42.3 Å². The average molecular weight is 431 g/mol. The highest BCUT2D eigenvalue weighted by molar-refractivity contribution is 5.83. The number of fused-ring (bicyclic) bond motifs is 1. The molecule has 0 aliphatic rings. The van der Waals surface area contributed by atoms with Crippen molar-refractivity contribution in [3.05, 3.63) is 87.5 Å². The Balaban J connectivity index is 1.54. The molecule has 1 N–H and O–H groups in total. The Bertz CT molecular complexity index is 1320. The molecule has 4 aromatic rings. The van der Waals surface area contributed by atoms with Crippen molar-refractivity contribution in [1.29, 1.82) is 0 Å². The fourth-order valence-electron chi connectivity index (χ4n) is 3.24. The Kier molecular flexibility index (Phi) is 6.07. The lowest BCUT2D eigenvalue weighted by Gasteiger charge is -2.07. The largest absolute Gasteiger partial charge is 0.497 e. The van der Waals surface area contributed by atoms with Gasteiger partial charge < -0.3 is 9.26 Å². The van der Waals surface area contributed by atoms with Gasteiger partial charge in [0.15, 0.2) is 5.58 Å². The van der Waals surface area contributed by atoms with Gasteiger partial charge in [-0.1, -0.05) is 35.5 Å². The van der Waals surface area contributed by atoms with Crippen LogP contribution >= 0.6 is 0 Å². The van der Waals surface area contributed by atoms with Crippen LogP contribution in [0.5, 0.6) is 5.75 Å². The second kappa shape index (κ2) is 9.25. The number of carbonyl (C=O) groups is 1. The minimum atomic E-state index is -0.483. The number of hydrogen-bond donors (Lipinski definition) is 1. The molecule has 9 heteroatoms. The summed E-state index contributed by atoms with van der Waals surface area (Å²) in [5.41, 5.74) is 5.08. The standard InChI is InChI=1S/C23H21N5O4/c1-15-21-22(32-27-15)19(12-16-6-4-3-5-7-16)26-28(23(21)30)14-20(29)25-24-13-17-8-10-18(31-2)11-9-17/h3-11,13H,12,14H2,1-2H3,(H,25,29)/b24-13+. The normalized spacial score (nSPS) is 11.2. The van der Waals surface area contributed by atoms with Crippen LogP contribution in [0.4, 0.5) is 0 Å². The van der Waals surface area contributed by atoms with Gasteiger partial charge in [0.1, 0.15) is 23.4 Å². The van der Waals surface area contributed by atoms with Gasteiger partial charge in [-0.15, -0.1) is 0 Å². The van der Waals surface area contributed by atoms with E-state index >= 15 is 0 Å². The van der Waals surface area contributed by atoms with Crippen LogP contribution in [0, 0.1) is 6.92 Å². The van der Waals surface area contributed by atoms with E-state index in [9.17, 15) is 9.59 Å². The molecule has 0 atom stereocenters. The predicted molar refractivity (Wildman–Crippen MR) is 119 cm³/mol. The minimum Gasteiger partial charge on any atom is -0.497 e. The van der Waals surface area contributed by atoms with E-state index in [2.05, 4.69) is 20.8 Å². The molecule has 0 fully saturated rings. The van der Waals surface area contributed by atoms with Crippen LogP contribution in [0.2, 0.25) is 0 Å². The number of carbonyl (C=O) groups excluding carboxylic acids is 1. The number of hydrazone groups is 1. The smallest absolute Gasteiger partial charge is 0.280 e.